The highest BCUT2D eigenvalue weighted by Crippen LogP contribution is 2.38. The fourth-order valence-corrected chi connectivity index (χ4v) is 4.11. The summed E-state index contributed by atoms with van der Waals surface area (Å²) in [5.41, 5.74) is 0.922. The van der Waals surface area contributed by atoms with E-state index in [9.17, 15) is 14.9 Å². The maximum atomic E-state index is 11.1. The molecular weight excluding hydrogens is 316 g/mol. The lowest BCUT2D eigenvalue weighted by Gasteiger charge is -1.97. The minimum atomic E-state index is -0.930. The molecule has 0 radical (unpaired) electrons. The first kappa shape index (κ1) is 15.4. The van der Waals surface area contributed by atoms with E-state index < -0.39 is 10.9 Å². The van der Waals surface area contributed by atoms with Gasteiger partial charge in [-0.25, -0.2) is 4.98 Å². The van der Waals surface area contributed by atoms with Crippen LogP contribution in [0.15, 0.2) is 9.37 Å². The third kappa shape index (κ3) is 3.22. The van der Waals surface area contributed by atoms with Crippen LogP contribution in [0.3, 0.4) is 0 Å². The van der Waals surface area contributed by atoms with Crippen molar-refractivity contribution in [3.05, 3.63) is 26.4 Å². The Morgan fingerprint density at radius 1 is 1.48 bits per heavy atom. The van der Waals surface area contributed by atoms with Gasteiger partial charge < -0.3 is 5.11 Å². The van der Waals surface area contributed by atoms with Gasteiger partial charge >= 0.3 is 11.7 Å². The molecule has 0 aliphatic carbocycles. The zero-order valence-corrected chi connectivity index (χ0v) is 13.1. The largest absolute Gasteiger partial charge is 0.481 e. The van der Waals surface area contributed by atoms with Gasteiger partial charge in [-0.1, -0.05) is 0 Å². The number of aryl methyl sites for hydroxylation is 3. The van der Waals surface area contributed by atoms with Crippen molar-refractivity contribution in [2.24, 2.45) is 7.05 Å². The number of carboxylic acids is 1. The summed E-state index contributed by atoms with van der Waals surface area (Å²) in [6.45, 7) is 3.30. The van der Waals surface area contributed by atoms with Gasteiger partial charge in [0.25, 0.3) is 0 Å². The summed E-state index contributed by atoms with van der Waals surface area (Å²) in [7, 11) is 1.63. The molecule has 0 spiro atoms. The second-order valence-corrected chi connectivity index (χ2v) is 6.60. The van der Waals surface area contributed by atoms with Gasteiger partial charge in [0, 0.05) is 11.9 Å². The number of nitrogens with zero attached hydrogens (tertiary/aromatic N) is 4. The Labute approximate surface area is 128 Å². The van der Waals surface area contributed by atoms with E-state index in [2.05, 4.69) is 10.1 Å². The van der Waals surface area contributed by atoms with Crippen LogP contribution in [0.1, 0.15) is 16.3 Å². The van der Waals surface area contributed by atoms with Crippen LogP contribution in [-0.2, 0) is 18.3 Å². The van der Waals surface area contributed by atoms with Crippen molar-refractivity contribution in [3.8, 4) is 0 Å². The molecule has 0 bridgehead atoms. The van der Waals surface area contributed by atoms with Crippen molar-refractivity contribution in [1.29, 1.82) is 0 Å². The Balaban J connectivity index is 2.35. The summed E-state index contributed by atoms with van der Waals surface area (Å²) in [6, 6.07) is 0. The quantitative estimate of drug-likeness (QED) is 0.661. The normalized spacial score (nSPS) is 10.8. The van der Waals surface area contributed by atoms with Crippen LogP contribution in [0.4, 0.5) is 5.69 Å². The first-order valence-corrected chi connectivity index (χ1v) is 7.46. The van der Waals surface area contributed by atoms with Crippen LogP contribution in [-0.4, -0.2) is 30.8 Å². The second kappa shape index (κ2) is 5.82. The fraction of sp³-hybridized carbons (Fsp3) is 0.364. The van der Waals surface area contributed by atoms with Crippen LogP contribution in [0.5, 0.6) is 0 Å². The van der Waals surface area contributed by atoms with E-state index in [0.717, 1.165) is 11.8 Å². The van der Waals surface area contributed by atoms with Gasteiger partial charge in [0.1, 0.15) is 5.69 Å². The number of thiazole rings is 1. The molecule has 10 heteroatoms. The predicted octanol–water partition coefficient (Wildman–Crippen LogP) is 2.18. The number of aromatic nitrogens is 3. The third-order valence-corrected chi connectivity index (χ3v) is 5.06. The minimum absolute atomic E-state index is 0.0462. The molecule has 2 aromatic rings. The predicted molar refractivity (Wildman–Crippen MR) is 76.9 cm³/mol. The monoisotopic (exact) mass is 328 g/mol. The third-order valence-electron chi connectivity index (χ3n) is 2.69. The molecule has 2 rings (SSSR count). The highest BCUT2D eigenvalue weighted by molar-refractivity contribution is 8.01. The molecule has 0 saturated heterocycles. The average molecular weight is 328 g/mol. The Morgan fingerprint density at radius 3 is 2.71 bits per heavy atom. The average Bonchev–Trinajstić information content (AvgIpc) is 2.80. The summed E-state index contributed by atoms with van der Waals surface area (Å²) in [5.74, 6) is -0.930. The summed E-state index contributed by atoms with van der Waals surface area (Å²) in [5, 5.41) is 24.4. The number of hydrogen-bond acceptors (Lipinski definition) is 7. The smallest absolute Gasteiger partial charge is 0.324 e. The molecular formula is C11H12N4O4S2. The van der Waals surface area contributed by atoms with E-state index in [0.29, 0.717) is 25.6 Å². The van der Waals surface area contributed by atoms with Crippen LogP contribution < -0.4 is 0 Å². The van der Waals surface area contributed by atoms with Crippen molar-refractivity contribution in [2.45, 2.75) is 29.6 Å². The molecule has 112 valence electrons. The highest BCUT2D eigenvalue weighted by atomic mass is 32.2. The van der Waals surface area contributed by atoms with E-state index in [1.54, 1.807) is 20.9 Å². The first-order valence-electron chi connectivity index (χ1n) is 5.83. The number of aliphatic carboxylic acids is 1. The van der Waals surface area contributed by atoms with Gasteiger partial charge in [0.05, 0.1) is 17.0 Å². The number of carboxylic acid groups (broad SMARTS) is 1. The summed E-state index contributed by atoms with van der Waals surface area (Å²) >= 11 is 2.35. The molecule has 0 aliphatic heterocycles. The summed E-state index contributed by atoms with van der Waals surface area (Å²) < 4.78 is 2.00. The van der Waals surface area contributed by atoms with Crippen molar-refractivity contribution < 1.29 is 14.8 Å². The number of carbonyl (C=O) groups is 1. The van der Waals surface area contributed by atoms with Gasteiger partial charge in [-0.2, -0.15) is 5.10 Å². The van der Waals surface area contributed by atoms with Crippen LogP contribution in [0, 0.1) is 24.0 Å². The van der Waals surface area contributed by atoms with Crippen LogP contribution in [0.2, 0.25) is 0 Å². The summed E-state index contributed by atoms with van der Waals surface area (Å²) in [6.07, 6.45) is -0.101. The minimum Gasteiger partial charge on any atom is -0.481 e. The molecule has 21 heavy (non-hydrogen) atoms. The molecule has 0 aromatic carbocycles. The fourth-order valence-electron chi connectivity index (χ4n) is 1.78. The van der Waals surface area contributed by atoms with Gasteiger partial charge in [-0.15, -0.1) is 11.3 Å². The highest BCUT2D eigenvalue weighted by Gasteiger charge is 2.26. The van der Waals surface area contributed by atoms with E-state index in [-0.39, 0.29) is 12.1 Å². The van der Waals surface area contributed by atoms with E-state index >= 15 is 0 Å². The lowest BCUT2D eigenvalue weighted by Crippen LogP contribution is -1.99. The number of nitro groups is 1. The molecule has 2 aromatic heterocycles. The molecule has 0 saturated carbocycles. The van der Waals surface area contributed by atoms with Crippen molar-refractivity contribution in [2.75, 3.05) is 0 Å². The van der Waals surface area contributed by atoms with Gasteiger partial charge in [-0.05, 0) is 25.6 Å². The summed E-state index contributed by atoms with van der Waals surface area (Å²) in [4.78, 5) is 26.3. The van der Waals surface area contributed by atoms with E-state index in [1.807, 2.05) is 0 Å². The molecule has 0 aliphatic rings. The molecule has 1 N–H and O–H groups in total. The Bertz CT molecular complexity index is 722. The lowest BCUT2D eigenvalue weighted by molar-refractivity contribution is -0.388. The molecule has 0 atom stereocenters. The second-order valence-electron chi connectivity index (χ2n) is 4.28. The molecule has 8 nitrogen and oxygen atoms in total. The van der Waals surface area contributed by atoms with Crippen molar-refractivity contribution in [3.63, 3.8) is 0 Å². The van der Waals surface area contributed by atoms with Gasteiger partial charge in [0.2, 0.25) is 0 Å². The van der Waals surface area contributed by atoms with Gasteiger partial charge in [-0.3, -0.25) is 19.6 Å². The SMILES string of the molecule is Cc1nc(Sc2c([N+](=O)[O-])c(C)nn2C)sc1CC(=O)O. The lowest BCUT2D eigenvalue weighted by atomic mass is 10.3. The maximum Gasteiger partial charge on any atom is 0.324 e. The van der Waals surface area contributed by atoms with Crippen LogP contribution in [0.25, 0.3) is 0 Å². The zero-order valence-electron chi connectivity index (χ0n) is 11.5. The number of rotatable bonds is 5. The Hall–Kier alpha value is -1.94. The van der Waals surface area contributed by atoms with Crippen molar-refractivity contribution in [1.82, 2.24) is 14.8 Å². The first-order chi connectivity index (χ1) is 9.79. The zero-order chi connectivity index (χ0) is 15.7. The van der Waals surface area contributed by atoms with E-state index in [1.165, 1.54) is 16.0 Å². The molecule has 0 fully saturated rings. The van der Waals surface area contributed by atoms with E-state index in [4.69, 9.17) is 5.11 Å². The Kier molecular flexibility index (Phi) is 4.28. The topological polar surface area (TPSA) is 111 Å². The molecule has 2 heterocycles. The van der Waals surface area contributed by atoms with Gasteiger partial charge in [0.15, 0.2) is 9.37 Å². The molecule has 0 amide bonds. The van der Waals surface area contributed by atoms with Crippen LogP contribution >= 0.6 is 23.1 Å². The standard InChI is InChI=1S/C11H12N4O4S2/c1-5-7(4-8(16)17)20-11(12-5)21-10-9(15(18)19)6(2)13-14(10)3/h4H2,1-3H3,(H,16,17). The number of hydrogen-bond donors (Lipinski definition) is 1. The maximum absolute atomic E-state index is 11.1. The Morgan fingerprint density at radius 2 is 2.14 bits per heavy atom. The van der Waals surface area contributed by atoms with Crippen molar-refractivity contribution >= 4 is 34.8 Å². The molecule has 0 unspecified atom stereocenters.